The zero-order valence-electron chi connectivity index (χ0n) is 14.1. The Balaban J connectivity index is 1.57. The van der Waals surface area contributed by atoms with E-state index in [-0.39, 0.29) is 11.4 Å². The van der Waals surface area contributed by atoms with Crippen LogP contribution in [0.25, 0.3) is 0 Å². The molecule has 1 heterocycles. The largest absolute Gasteiger partial charge is 0.381 e. The van der Waals surface area contributed by atoms with Crippen molar-refractivity contribution in [1.82, 2.24) is 10.6 Å². The highest BCUT2D eigenvalue weighted by Crippen LogP contribution is 2.34. The van der Waals surface area contributed by atoms with Gasteiger partial charge in [0, 0.05) is 36.7 Å². The number of carbonyl (C=O) groups excluding carboxylic acids is 1. The molecule has 0 saturated carbocycles. The van der Waals surface area contributed by atoms with Gasteiger partial charge in [0.1, 0.15) is 0 Å². The van der Waals surface area contributed by atoms with Gasteiger partial charge in [0.2, 0.25) is 0 Å². The fourth-order valence-electron chi connectivity index (χ4n) is 3.22. The maximum absolute atomic E-state index is 12.2. The van der Waals surface area contributed by atoms with Gasteiger partial charge in [0.25, 0.3) is 0 Å². The number of halogens is 1. The number of carbonyl (C=O) groups is 1. The van der Waals surface area contributed by atoms with Crippen LogP contribution in [-0.2, 0) is 16.7 Å². The second-order valence-corrected chi connectivity index (χ2v) is 6.86. The minimum Gasteiger partial charge on any atom is -0.381 e. The highest BCUT2D eigenvalue weighted by Gasteiger charge is 2.34. The van der Waals surface area contributed by atoms with Gasteiger partial charge in [-0.15, -0.1) is 0 Å². The summed E-state index contributed by atoms with van der Waals surface area (Å²) in [6.07, 6.45) is 1.82. The smallest absolute Gasteiger partial charge is 0.315 e. The number of benzene rings is 2. The van der Waals surface area contributed by atoms with Crippen molar-refractivity contribution in [1.29, 1.82) is 0 Å². The number of amides is 2. The van der Waals surface area contributed by atoms with Crippen LogP contribution in [0.4, 0.5) is 4.79 Å². The molecule has 0 aliphatic carbocycles. The van der Waals surface area contributed by atoms with Crippen molar-refractivity contribution < 1.29 is 9.53 Å². The van der Waals surface area contributed by atoms with E-state index in [4.69, 9.17) is 16.3 Å². The third kappa shape index (κ3) is 4.74. The molecule has 2 amide bonds. The summed E-state index contributed by atoms with van der Waals surface area (Å²) >= 11 is 5.87. The van der Waals surface area contributed by atoms with Crippen LogP contribution in [0.5, 0.6) is 0 Å². The Morgan fingerprint density at radius 2 is 1.68 bits per heavy atom. The van der Waals surface area contributed by atoms with Crippen LogP contribution in [0.1, 0.15) is 24.0 Å². The van der Waals surface area contributed by atoms with Crippen LogP contribution in [0.3, 0.4) is 0 Å². The molecule has 0 bridgehead atoms. The van der Waals surface area contributed by atoms with E-state index in [9.17, 15) is 4.79 Å². The van der Waals surface area contributed by atoms with Crippen LogP contribution in [0, 0.1) is 0 Å². The van der Waals surface area contributed by atoms with Gasteiger partial charge in [0.05, 0.1) is 0 Å². The maximum Gasteiger partial charge on any atom is 0.315 e. The first-order valence-electron chi connectivity index (χ1n) is 8.57. The molecular weight excluding hydrogens is 336 g/mol. The molecule has 1 aliphatic heterocycles. The highest BCUT2D eigenvalue weighted by molar-refractivity contribution is 6.30. The Morgan fingerprint density at radius 1 is 1.00 bits per heavy atom. The van der Waals surface area contributed by atoms with Crippen LogP contribution in [0.15, 0.2) is 54.6 Å². The number of hydrogen-bond acceptors (Lipinski definition) is 2. The van der Waals surface area contributed by atoms with Crippen LogP contribution >= 0.6 is 11.6 Å². The zero-order chi connectivity index (χ0) is 17.5. The van der Waals surface area contributed by atoms with E-state index >= 15 is 0 Å². The number of urea groups is 1. The Kier molecular flexibility index (Phi) is 5.95. The molecule has 2 N–H and O–H groups in total. The highest BCUT2D eigenvalue weighted by atomic mass is 35.5. The van der Waals surface area contributed by atoms with Gasteiger partial charge in [-0.25, -0.2) is 4.79 Å². The van der Waals surface area contributed by atoms with Gasteiger partial charge in [-0.1, -0.05) is 54.1 Å². The van der Waals surface area contributed by atoms with Gasteiger partial charge in [-0.2, -0.15) is 0 Å². The Hall–Kier alpha value is -2.04. The van der Waals surface area contributed by atoms with Crippen molar-refractivity contribution in [2.24, 2.45) is 0 Å². The standard InChI is InChI=1S/C20H23ClN2O2/c21-18-8-6-16(7-9-18)14-22-19(24)23-15-20(10-12-25-13-11-20)17-4-2-1-3-5-17/h1-9H,10-15H2,(H2,22,23,24). The molecule has 1 fully saturated rings. The summed E-state index contributed by atoms with van der Waals surface area (Å²) in [5.41, 5.74) is 2.22. The fraction of sp³-hybridized carbons (Fsp3) is 0.350. The van der Waals surface area contributed by atoms with E-state index in [1.807, 2.05) is 42.5 Å². The lowest BCUT2D eigenvalue weighted by molar-refractivity contribution is 0.0507. The second-order valence-electron chi connectivity index (χ2n) is 6.42. The van der Waals surface area contributed by atoms with Crippen molar-refractivity contribution in [3.8, 4) is 0 Å². The molecule has 0 atom stereocenters. The number of nitrogens with one attached hydrogen (secondary N) is 2. The lowest BCUT2D eigenvalue weighted by atomic mass is 9.74. The summed E-state index contributed by atoms with van der Waals surface area (Å²) in [5.74, 6) is 0. The van der Waals surface area contributed by atoms with Gasteiger partial charge in [-0.3, -0.25) is 0 Å². The van der Waals surface area contributed by atoms with E-state index in [2.05, 4.69) is 22.8 Å². The van der Waals surface area contributed by atoms with Gasteiger partial charge < -0.3 is 15.4 Å². The molecule has 25 heavy (non-hydrogen) atoms. The maximum atomic E-state index is 12.2. The minimum absolute atomic E-state index is 0.0584. The first-order chi connectivity index (χ1) is 12.2. The number of hydrogen-bond donors (Lipinski definition) is 2. The SMILES string of the molecule is O=C(NCc1ccc(Cl)cc1)NCC1(c2ccccc2)CCOCC1. The Labute approximate surface area is 153 Å². The van der Waals surface area contributed by atoms with Gasteiger partial charge in [-0.05, 0) is 36.1 Å². The number of rotatable bonds is 5. The summed E-state index contributed by atoms with van der Waals surface area (Å²) < 4.78 is 5.53. The molecule has 132 valence electrons. The van der Waals surface area contributed by atoms with Crippen LogP contribution in [0.2, 0.25) is 5.02 Å². The summed E-state index contributed by atoms with van der Waals surface area (Å²) in [5, 5.41) is 6.64. The molecule has 5 heteroatoms. The Morgan fingerprint density at radius 3 is 2.36 bits per heavy atom. The first kappa shape index (κ1) is 17.8. The van der Waals surface area contributed by atoms with Gasteiger partial charge in [0.15, 0.2) is 0 Å². The monoisotopic (exact) mass is 358 g/mol. The van der Waals surface area contributed by atoms with Crippen molar-refractivity contribution in [2.45, 2.75) is 24.8 Å². The molecule has 4 nitrogen and oxygen atoms in total. The molecule has 0 radical (unpaired) electrons. The molecule has 1 saturated heterocycles. The van der Waals surface area contributed by atoms with E-state index in [1.165, 1.54) is 5.56 Å². The summed E-state index contributed by atoms with van der Waals surface area (Å²) in [7, 11) is 0. The average Bonchev–Trinajstić information content (AvgIpc) is 2.67. The summed E-state index contributed by atoms with van der Waals surface area (Å²) in [6, 6.07) is 17.7. The molecule has 0 aromatic heterocycles. The van der Waals surface area contributed by atoms with Gasteiger partial charge >= 0.3 is 6.03 Å². The zero-order valence-corrected chi connectivity index (χ0v) is 14.9. The molecule has 0 unspecified atom stereocenters. The van der Waals surface area contributed by atoms with Crippen LogP contribution in [-0.4, -0.2) is 25.8 Å². The van der Waals surface area contributed by atoms with E-state index in [0.29, 0.717) is 18.1 Å². The quantitative estimate of drug-likeness (QED) is 0.852. The van der Waals surface area contributed by atoms with E-state index in [0.717, 1.165) is 31.6 Å². The normalized spacial score (nSPS) is 16.2. The third-order valence-corrected chi connectivity index (χ3v) is 5.04. The molecular formula is C20H23ClN2O2. The van der Waals surface area contributed by atoms with Crippen LogP contribution < -0.4 is 10.6 Å². The van der Waals surface area contributed by atoms with E-state index < -0.39 is 0 Å². The van der Waals surface area contributed by atoms with E-state index in [1.54, 1.807) is 0 Å². The average molecular weight is 359 g/mol. The molecule has 1 aliphatic rings. The Bertz CT molecular complexity index is 683. The predicted octanol–water partition coefficient (Wildman–Crippen LogP) is 3.89. The fourth-order valence-corrected chi connectivity index (χ4v) is 3.34. The second kappa shape index (κ2) is 8.37. The third-order valence-electron chi connectivity index (χ3n) is 4.79. The molecule has 0 spiro atoms. The molecule has 2 aromatic carbocycles. The topological polar surface area (TPSA) is 50.4 Å². The predicted molar refractivity (Wildman–Crippen MR) is 99.9 cm³/mol. The lowest BCUT2D eigenvalue weighted by Gasteiger charge is -2.38. The lowest BCUT2D eigenvalue weighted by Crippen LogP contribution is -2.47. The van der Waals surface area contributed by atoms with Crippen molar-refractivity contribution in [2.75, 3.05) is 19.8 Å². The molecule has 2 aromatic rings. The molecule has 3 rings (SSSR count). The van der Waals surface area contributed by atoms with Crippen molar-refractivity contribution >= 4 is 17.6 Å². The van der Waals surface area contributed by atoms with Crippen molar-refractivity contribution in [3.63, 3.8) is 0 Å². The number of ether oxygens (including phenoxy) is 1. The van der Waals surface area contributed by atoms with Crippen molar-refractivity contribution in [3.05, 3.63) is 70.7 Å². The minimum atomic E-state index is -0.156. The summed E-state index contributed by atoms with van der Waals surface area (Å²) in [4.78, 5) is 12.2. The summed E-state index contributed by atoms with van der Waals surface area (Å²) in [6.45, 7) is 2.53. The first-order valence-corrected chi connectivity index (χ1v) is 8.95.